The van der Waals surface area contributed by atoms with Crippen LogP contribution in [-0.2, 0) is 6.18 Å². The van der Waals surface area contributed by atoms with Crippen LogP contribution in [0, 0.1) is 10.1 Å². The summed E-state index contributed by atoms with van der Waals surface area (Å²) in [5.74, 6) is 0. The number of benzene rings is 1. The van der Waals surface area contributed by atoms with Crippen molar-refractivity contribution in [3.8, 4) is 0 Å². The van der Waals surface area contributed by atoms with Crippen LogP contribution in [0.3, 0.4) is 0 Å². The third-order valence-corrected chi connectivity index (χ3v) is 2.48. The Balaban J connectivity index is 3.38. The van der Waals surface area contributed by atoms with Gasteiger partial charge in [0.25, 0.3) is 5.69 Å². The second-order valence-corrected chi connectivity index (χ2v) is 3.77. The third kappa shape index (κ3) is 3.40. The number of aliphatic hydroxyl groups excluding tert-OH is 2. The van der Waals surface area contributed by atoms with Gasteiger partial charge in [0.15, 0.2) is 0 Å². The van der Waals surface area contributed by atoms with Gasteiger partial charge in [-0.2, -0.15) is 13.2 Å². The predicted octanol–water partition coefficient (Wildman–Crippen LogP) is 0.967. The van der Waals surface area contributed by atoms with Gasteiger partial charge in [-0.1, -0.05) is 0 Å². The standard InChI is InChI=1S/C10H11F3N2O4/c11-10(12,13)7-2-1-5(15(18)19)3-6(7)9(17)8(16)4-14/h1-3,8-9,16-17H,4,14H2. The molecule has 0 aromatic heterocycles. The average molecular weight is 280 g/mol. The molecule has 0 fully saturated rings. The molecule has 2 unspecified atom stereocenters. The van der Waals surface area contributed by atoms with Crippen LogP contribution in [0.4, 0.5) is 18.9 Å². The highest BCUT2D eigenvalue weighted by atomic mass is 19.4. The number of nitro benzene ring substituents is 1. The minimum atomic E-state index is -4.81. The highest BCUT2D eigenvalue weighted by Crippen LogP contribution is 2.37. The first kappa shape index (κ1) is 15.3. The molecule has 2 atom stereocenters. The molecule has 0 amide bonds. The molecular weight excluding hydrogens is 269 g/mol. The number of hydrogen-bond donors (Lipinski definition) is 3. The second kappa shape index (κ2) is 5.51. The first-order chi connectivity index (χ1) is 8.68. The van der Waals surface area contributed by atoms with Crippen LogP contribution in [0.2, 0.25) is 0 Å². The van der Waals surface area contributed by atoms with Gasteiger partial charge < -0.3 is 15.9 Å². The molecular formula is C10H11F3N2O4. The fourth-order valence-electron chi connectivity index (χ4n) is 1.50. The lowest BCUT2D eigenvalue weighted by atomic mass is 9.97. The summed E-state index contributed by atoms with van der Waals surface area (Å²) in [6.07, 6.45) is -8.41. The zero-order valence-corrected chi connectivity index (χ0v) is 9.46. The number of halogens is 3. The summed E-state index contributed by atoms with van der Waals surface area (Å²) in [5.41, 5.74) is 2.39. The van der Waals surface area contributed by atoms with E-state index in [9.17, 15) is 33.5 Å². The van der Waals surface area contributed by atoms with Gasteiger partial charge in [-0.15, -0.1) is 0 Å². The summed E-state index contributed by atoms with van der Waals surface area (Å²) >= 11 is 0. The summed E-state index contributed by atoms with van der Waals surface area (Å²) in [4.78, 5) is 9.63. The quantitative estimate of drug-likeness (QED) is 0.562. The number of nitrogens with zero attached hydrogens (tertiary/aromatic N) is 1. The Morgan fingerprint density at radius 1 is 1.37 bits per heavy atom. The van der Waals surface area contributed by atoms with Crippen LogP contribution in [-0.4, -0.2) is 27.8 Å². The monoisotopic (exact) mass is 280 g/mol. The van der Waals surface area contributed by atoms with Gasteiger partial charge >= 0.3 is 6.18 Å². The summed E-state index contributed by atoms with van der Waals surface area (Å²) in [6, 6.07) is 1.74. The smallest absolute Gasteiger partial charge is 0.389 e. The normalized spacial score (nSPS) is 15.1. The van der Waals surface area contributed by atoms with Gasteiger partial charge in [0.05, 0.1) is 16.6 Å². The topological polar surface area (TPSA) is 110 Å². The van der Waals surface area contributed by atoms with Gasteiger partial charge in [-0.3, -0.25) is 10.1 Å². The highest BCUT2D eigenvalue weighted by Gasteiger charge is 2.37. The number of nitro groups is 1. The lowest BCUT2D eigenvalue weighted by Crippen LogP contribution is -2.28. The lowest BCUT2D eigenvalue weighted by molar-refractivity contribution is -0.385. The Morgan fingerprint density at radius 3 is 2.37 bits per heavy atom. The van der Waals surface area contributed by atoms with Crippen LogP contribution in [0.15, 0.2) is 18.2 Å². The Labute approximate surface area is 105 Å². The van der Waals surface area contributed by atoms with Crippen LogP contribution in [0.5, 0.6) is 0 Å². The van der Waals surface area contributed by atoms with Crippen molar-refractivity contribution in [2.24, 2.45) is 5.73 Å². The maximum absolute atomic E-state index is 12.7. The number of aliphatic hydroxyl groups is 2. The molecule has 1 rings (SSSR count). The van der Waals surface area contributed by atoms with E-state index in [0.29, 0.717) is 18.2 Å². The maximum atomic E-state index is 12.7. The molecule has 0 radical (unpaired) electrons. The fraction of sp³-hybridized carbons (Fsp3) is 0.400. The molecule has 0 saturated heterocycles. The molecule has 9 heteroatoms. The molecule has 6 nitrogen and oxygen atoms in total. The summed E-state index contributed by atoms with van der Waals surface area (Å²) < 4.78 is 38.1. The zero-order valence-electron chi connectivity index (χ0n) is 9.46. The van der Waals surface area contributed by atoms with Crippen molar-refractivity contribution < 1.29 is 28.3 Å². The molecule has 0 aliphatic rings. The van der Waals surface area contributed by atoms with E-state index in [1.54, 1.807) is 0 Å². The van der Waals surface area contributed by atoms with E-state index >= 15 is 0 Å². The number of nitrogens with two attached hydrogens (primary N) is 1. The van der Waals surface area contributed by atoms with Crippen molar-refractivity contribution in [1.82, 2.24) is 0 Å². The highest BCUT2D eigenvalue weighted by molar-refractivity contribution is 5.42. The van der Waals surface area contributed by atoms with Crippen molar-refractivity contribution >= 4 is 5.69 Å². The van der Waals surface area contributed by atoms with E-state index in [4.69, 9.17) is 5.73 Å². The number of alkyl halides is 3. The Hall–Kier alpha value is -1.71. The average Bonchev–Trinajstić information content (AvgIpc) is 2.35. The molecule has 4 N–H and O–H groups in total. The van der Waals surface area contributed by atoms with E-state index < -0.39 is 46.7 Å². The molecule has 19 heavy (non-hydrogen) atoms. The molecule has 0 bridgehead atoms. The van der Waals surface area contributed by atoms with E-state index in [2.05, 4.69) is 0 Å². The molecule has 0 spiro atoms. The number of rotatable bonds is 4. The molecule has 0 aliphatic heterocycles. The molecule has 0 heterocycles. The third-order valence-electron chi connectivity index (χ3n) is 2.48. The summed E-state index contributed by atoms with van der Waals surface area (Å²) in [7, 11) is 0. The van der Waals surface area contributed by atoms with Gasteiger partial charge in [-0.05, 0) is 6.07 Å². The van der Waals surface area contributed by atoms with Gasteiger partial charge in [0.2, 0.25) is 0 Å². The first-order valence-electron chi connectivity index (χ1n) is 5.10. The minimum absolute atomic E-state index is 0.485. The van der Waals surface area contributed by atoms with Crippen molar-refractivity contribution in [3.05, 3.63) is 39.4 Å². The summed E-state index contributed by atoms with van der Waals surface area (Å²) in [5, 5.41) is 29.4. The van der Waals surface area contributed by atoms with E-state index in [0.717, 1.165) is 0 Å². The minimum Gasteiger partial charge on any atom is -0.389 e. The van der Waals surface area contributed by atoms with Crippen molar-refractivity contribution in [1.29, 1.82) is 0 Å². The van der Waals surface area contributed by atoms with Crippen molar-refractivity contribution in [3.63, 3.8) is 0 Å². The maximum Gasteiger partial charge on any atom is 0.416 e. The fourth-order valence-corrected chi connectivity index (χ4v) is 1.50. The number of non-ortho nitro benzene ring substituents is 1. The Kier molecular flexibility index (Phi) is 4.45. The van der Waals surface area contributed by atoms with E-state index in [-0.39, 0.29) is 0 Å². The second-order valence-electron chi connectivity index (χ2n) is 3.77. The van der Waals surface area contributed by atoms with Crippen LogP contribution in [0.25, 0.3) is 0 Å². The largest absolute Gasteiger partial charge is 0.416 e. The molecule has 1 aromatic carbocycles. The van der Waals surface area contributed by atoms with Crippen LogP contribution in [0.1, 0.15) is 17.2 Å². The summed E-state index contributed by atoms with van der Waals surface area (Å²) in [6.45, 7) is -0.485. The van der Waals surface area contributed by atoms with E-state index in [1.165, 1.54) is 0 Å². The number of hydrogen-bond acceptors (Lipinski definition) is 5. The van der Waals surface area contributed by atoms with Crippen molar-refractivity contribution in [2.75, 3.05) is 6.54 Å². The van der Waals surface area contributed by atoms with E-state index in [1.807, 2.05) is 0 Å². The van der Waals surface area contributed by atoms with Gasteiger partial charge in [-0.25, -0.2) is 0 Å². The SMILES string of the molecule is NCC(O)C(O)c1cc([N+](=O)[O-])ccc1C(F)(F)F. The first-order valence-corrected chi connectivity index (χ1v) is 5.10. The molecule has 106 valence electrons. The van der Waals surface area contributed by atoms with Crippen LogP contribution < -0.4 is 5.73 Å². The van der Waals surface area contributed by atoms with Gasteiger partial charge in [0.1, 0.15) is 6.10 Å². The van der Waals surface area contributed by atoms with Crippen molar-refractivity contribution in [2.45, 2.75) is 18.4 Å². The predicted molar refractivity (Wildman–Crippen MR) is 58.1 cm³/mol. The molecule has 1 aromatic rings. The lowest BCUT2D eigenvalue weighted by Gasteiger charge is -2.20. The Morgan fingerprint density at radius 2 is 1.95 bits per heavy atom. The zero-order chi connectivity index (χ0) is 14.8. The van der Waals surface area contributed by atoms with Gasteiger partial charge in [0, 0.05) is 24.2 Å². The molecule has 0 aliphatic carbocycles. The van der Waals surface area contributed by atoms with Crippen LogP contribution >= 0.6 is 0 Å². The molecule has 0 saturated carbocycles. The Bertz CT molecular complexity index is 478.